The number of esters is 1. The summed E-state index contributed by atoms with van der Waals surface area (Å²) in [6.07, 6.45) is 0. The maximum atomic E-state index is 11.6. The average Bonchev–Trinajstić information content (AvgIpc) is 2.52. The molecule has 0 aliphatic carbocycles. The number of likely N-dealkylation sites (N-methyl/N-ethyl adjacent to an activating group) is 1. The van der Waals surface area contributed by atoms with Crippen molar-refractivity contribution in [2.75, 3.05) is 19.8 Å². The number of halogens is 1. The molecule has 1 aromatic rings. The number of amides is 2. The van der Waals surface area contributed by atoms with Crippen LogP contribution < -0.4 is 15.4 Å². The van der Waals surface area contributed by atoms with Crippen LogP contribution in [0.15, 0.2) is 24.3 Å². The third kappa shape index (κ3) is 7.01. The molecule has 2 N–H and O–H groups in total. The van der Waals surface area contributed by atoms with E-state index < -0.39 is 24.5 Å². The molecule has 0 saturated carbocycles. The fraction of sp³-hybridized carbons (Fsp3) is 0.400. The van der Waals surface area contributed by atoms with Gasteiger partial charge in [0.25, 0.3) is 5.91 Å². The van der Waals surface area contributed by atoms with Crippen molar-refractivity contribution in [3.8, 4) is 5.75 Å². The molecule has 0 saturated heterocycles. The second kappa shape index (κ2) is 9.68. The summed E-state index contributed by atoms with van der Waals surface area (Å²) in [6.45, 7) is 2.91. The largest absolute Gasteiger partial charge is 0.480 e. The molecule has 0 bridgehead atoms. The first kappa shape index (κ1) is 18.8. The molecule has 1 aromatic carbocycles. The zero-order valence-corrected chi connectivity index (χ0v) is 13.7. The Morgan fingerprint density at radius 3 is 2.57 bits per heavy atom. The molecular weight excluding hydrogens is 324 g/mol. The van der Waals surface area contributed by atoms with E-state index in [1.54, 1.807) is 31.2 Å². The summed E-state index contributed by atoms with van der Waals surface area (Å²) in [4.78, 5) is 34.5. The highest BCUT2D eigenvalue weighted by Gasteiger charge is 2.16. The Morgan fingerprint density at radius 2 is 1.91 bits per heavy atom. The smallest absolute Gasteiger partial charge is 0.344 e. The van der Waals surface area contributed by atoms with E-state index in [0.717, 1.165) is 0 Å². The second-order valence-electron chi connectivity index (χ2n) is 4.56. The summed E-state index contributed by atoms with van der Waals surface area (Å²) in [5.74, 6) is -1.25. The van der Waals surface area contributed by atoms with Gasteiger partial charge >= 0.3 is 5.97 Å². The van der Waals surface area contributed by atoms with E-state index in [4.69, 9.17) is 21.1 Å². The van der Waals surface area contributed by atoms with Crippen LogP contribution in [0.2, 0.25) is 5.02 Å². The minimum Gasteiger partial charge on any atom is -0.480 e. The van der Waals surface area contributed by atoms with Gasteiger partial charge in [-0.05, 0) is 26.0 Å². The molecule has 7 nitrogen and oxygen atoms in total. The molecule has 23 heavy (non-hydrogen) atoms. The van der Waals surface area contributed by atoms with Crippen LogP contribution in [-0.2, 0) is 19.1 Å². The van der Waals surface area contributed by atoms with Gasteiger partial charge in [-0.15, -0.1) is 0 Å². The standard InChI is InChI=1S/C15H19ClN2O5/c1-3-17-15(21)10(2)18-13(19)8-23-14(20)9-22-12-7-5-4-6-11(12)16/h4-7,10H,3,8-9H2,1-2H3,(H,17,21)(H,18,19)/t10-/m0/s1. The molecule has 0 aliphatic heterocycles. The number of para-hydroxylation sites is 1. The molecule has 0 radical (unpaired) electrons. The number of carbonyl (C=O) groups is 3. The second-order valence-corrected chi connectivity index (χ2v) is 4.97. The van der Waals surface area contributed by atoms with Gasteiger partial charge in [0.2, 0.25) is 5.91 Å². The summed E-state index contributed by atoms with van der Waals surface area (Å²) in [5.41, 5.74) is 0. The van der Waals surface area contributed by atoms with Gasteiger partial charge in [-0.2, -0.15) is 0 Å². The summed E-state index contributed by atoms with van der Waals surface area (Å²) in [5, 5.41) is 5.35. The molecule has 1 rings (SSSR count). The summed E-state index contributed by atoms with van der Waals surface area (Å²) >= 11 is 5.87. The Morgan fingerprint density at radius 1 is 1.22 bits per heavy atom. The van der Waals surface area contributed by atoms with Crippen LogP contribution in [0, 0.1) is 0 Å². The zero-order chi connectivity index (χ0) is 17.2. The minimum absolute atomic E-state index is 0.311. The van der Waals surface area contributed by atoms with Crippen molar-refractivity contribution >= 4 is 29.4 Å². The van der Waals surface area contributed by atoms with E-state index >= 15 is 0 Å². The topological polar surface area (TPSA) is 93.7 Å². The quantitative estimate of drug-likeness (QED) is 0.685. The number of ether oxygens (including phenoxy) is 2. The van der Waals surface area contributed by atoms with Crippen LogP contribution in [0.3, 0.4) is 0 Å². The molecular formula is C15H19ClN2O5. The molecule has 8 heteroatoms. The average molecular weight is 343 g/mol. The molecule has 126 valence electrons. The number of hydrogen-bond acceptors (Lipinski definition) is 5. The molecule has 2 amide bonds. The van der Waals surface area contributed by atoms with Gasteiger partial charge in [0, 0.05) is 6.54 Å². The first-order valence-corrected chi connectivity index (χ1v) is 7.41. The SMILES string of the molecule is CCNC(=O)[C@H](C)NC(=O)COC(=O)COc1ccccc1Cl. The van der Waals surface area contributed by atoms with Gasteiger partial charge in [-0.3, -0.25) is 9.59 Å². The zero-order valence-electron chi connectivity index (χ0n) is 12.9. The van der Waals surface area contributed by atoms with Crippen molar-refractivity contribution < 1.29 is 23.9 Å². The van der Waals surface area contributed by atoms with Crippen LogP contribution >= 0.6 is 11.6 Å². The van der Waals surface area contributed by atoms with Gasteiger partial charge in [0.05, 0.1) is 5.02 Å². The lowest BCUT2D eigenvalue weighted by Gasteiger charge is -2.13. The first-order valence-electron chi connectivity index (χ1n) is 7.04. The highest BCUT2D eigenvalue weighted by molar-refractivity contribution is 6.32. The molecule has 0 unspecified atom stereocenters. The Hall–Kier alpha value is -2.28. The van der Waals surface area contributed by atoms with Crippen molar-refractivity contribution in [3.05, 3.63) is 29.3 Å². The maximum Gasteiger partial charge on any atom is 0.344 e. The number of nitrogens with one attached hydrogen (secondary N) is 2. The minimum atomic E-state index is -0.717. The van der Waals surface area contributed by atoms with Crippen LogP contribution in [0.25, 0.3) is 0 Å². The van der Waals surface area contributed by atoms with E-state index in [1.807, 2.05) is 0 Å². The Balaban J connectivity index is 2.29. The normalized spacial score (nSPS) is 11.3. The van der Waals surface area contributed by atoms with Crippen LogP contribution in [-0.4, -0.2) is 43.6 Å². The lowest BCUT2D eigenvalue weighted by Crippen LogP contribution is -2.46. The van der Waals surface area contributed by atoms with Crippen molar-refractivity contribution in [2.45, 2.75) is 19.9 Å². The summed E-state index contributed by atoms with van der Waals surface area (Å²) < 4.78 is 9.94. The highest BCUT2D eigenvalue weighted by atomic mass is 35.5. The predicted molar refractivity (Wildman–Crippen MR) is 84.2 cm³/mol. The third-order valence-electron chi connectivity index (χ3n) is 2.67. The lowest BCUT2D eigenvalue weighted by atomic mass is 10.3. The number of benzene rings is 1. The van der Waals surface area contributed by atoms with Crippen molar-refractivity contribution in [3.63, 3.8) is 0 Å². The van der Waals surface area contributed by atoms with E-state index in [-0.39, 0.29) is 12.5 Å². The van der Waals surface area contributed by atoms with Gasteiger partial charge in [-0.25, -0.2) is 4.79 Å². The van der Waals surface area contributed by atoms with Crippen molar-refractivity contribution in [1.82, 2.24) is 10.6 Å². The summed E-state index contributed by atoms with van der Waals surface area (Å²) in [6, 6.07) is 5.96. The summed E-state index contributed by atoms with van der Waals surface area (Å²) in [7, 11) is 0. The fourth-order valence-corrected chi connectivity index (χ4v) is 1.75. The van der Waals surface area contributed by atoms with E-state index in [2.05, 4.69) is 10.6 Å². The number of rotatable bonds is 8. The van der Waals surface area contributed by atoms with Gasteiger partial charge < -0.3 is 20.1 Å². The van der Waals surface area contributed by atoms with Crippen LogP contribution in [0.1, 0.15) is 13.8 Å². The van der Waals surface area contributed by atoms with Gasteiger partial charge in [-0.1, -0.05) is 23.7 Å². The lowest BCUT2D eigenvalue weighted by molar-refractivity contribution is -0.150. The monoisotopic (exact) mass is 342 g/mol. The maximum absolute atomic E-state index is 11.6. The Labute approximate surface area is 139 Å². The van der Waals surface area contributed by atoms with Crippen molar-refractivity contribution in [1.29, 1.82) is 0 Å². The van der Waals surface area contributed by atoms with E-state index in [0.29, 0.717) is 17.3 Å². The van der Waals surface area contributed by atoms with Gasteiger partial charge in [0.15, 0.2) is 13.2 Å². The predicted octanol–water partition coefficient (Wildman–Crippen LogP) is 0.903. The number of hydrogen-bond donors (Lipinski definition) is 2. The van der Waals surface area contributed by atoms with Crippen molar-refractivity contribution in [2.24, 2.45) is 0 Å². The highest BCUT2D eigenvalue weighted by Crippen LogP contribution is 2.22. The number of carbonyl (C=O) groups excluding carboxylic acids is 3. The first-order chi connectivity index (χ1) is 10.9. The molecule has 0 aromatic heterocycles. The van der Waals surface area contributed by atoms with Gasteiger partial charge in [0.1, 0.15) is 11.8 Å². The third-order valence-corrected chi connectivity index (χ3v) is 2.98. The molecule has 1 atom stereocenters. The molecule has 0 spiro atoms. The Kier molecular flexibility index (Phi) is 7.90. The van der Waals surface area contributed by atoms with E-state index in [1.165, 1.54) is 6.92 Å². The molecule has 0 heterocycles. The fourth-order valence-electron chi connectivity index (χ4n) is 1.56. The Bertz CT molecular complexity index is 565. The van der Waals surface area contributed by atoms with Crippen LogP contribution in [0.5, 0.6) is 5.75 Å². The van der Waals surface area contributed by atoms with E-state index in [9.17, 15) is 14.4 Å². The molecule has 0 aliphatic rings. The van der Waals surface area contributed by atoms with Crippen LogP contribution in [0.4, 0.5) is 0 Å². The molecule has 0 fully saturated rings.